The Morgan fingerprint density at radius 3 is 2.92 bits per heavy atom. The summed E-state index contributed by atoms with van der Waals surface area (Å²) in [4.78, 5) is 7.08. The third-order valence-electron chi connectivity index (χ3n) is 4.89. The van der Waals surface area contributed by atoms with Crippen molar-refractivity contribution in [1.29, 1.82) is 0 Å². The molecule has 3 heterocycles. The maximum Gasteiger partial charge on any atom is 0.246 e. The highest BCUT2D eigenvalue weighted by molar-refractivity contribution is 5.85. The Labute approximate surface area is 154 Å². The van der Waals surface area contributed by atoms with E-state index in [4.69, 9.17) is 9.26 Å². The van der Waals surface area contributed by atoms with E-state index in [9.17, 15) is 0 Å². The van der Waals surface area contributed by atoms with Crippen LogP contribution in [0.4, 0.5) is 0 Å². The first kappa shape index (κ1) is 18.3. The van der Waals surface area contributed by atoms with Gasteiger partial charge in [0.15, 0.2) is 0 Å². The van der Waals surface area contributed by atoms with Crippen LogP contribution in [0.15, 0.2) is 34.9 Å². The lowest BCUT2D eigenvalue weighted by molar-refractivity contribution is -0.0277. The summed E-state index contributed by atoms with van der Waals surface area (Å²) < 4.78 is 11.3. The molecule has 0 radical (unpaired) electrons. The molecule has 2 aromatic rings. The number of aromatic nitrogens is 2. The molecule has 0 spiro atoms. The molecule has 2 fully saturated rings. The molecule has 6 nitrogen and oxygen atoms in total. The normalized spacial score (nSPS) is 24.6. The zero-order valence-electron chi connectivity index (χ0n) is 14.3. The minimum atomic E-state index is 0. The second kappa shape index (κ2) is 8.76. The fourth-order valence-electron chi connectivity index (χ4n) is 3.57. The second-order valence-electron chi connectivity index (χ2n) is 6.62. The van der Waals surface area contributed by atoms with E-state index in [2.05, 4.69) is 20.4 Å². The van der Waals surface area contributed by atoms with Gasteiger partial charge in [-0.05, 0) is 31.8 Å². The van der Waals surface area contributed by atoms with Crippen molar-refractivity contribution in [3.63, 3.8) is 0 Å². The van der Waals surface area contributed by atoms with Crippen molar-refractivity contribution in [2.24, 2.45) is 5.92 Å². The number of ether oxygens (including phenoxy) is 1. The fraction of sp³-hybridized carbons (Fsp3) is 0.556. The van der Waals surface area contributed by atoms with Crippen LogP contribution in [-0.4, -0.2) is 54.4 Å². The van der Waals surface area contributed by atoms with Gasteiger partial charge in [0.2, 0.25) is 11.7 Å². The molecule has 2 aliphatic heterocycles. The zero-order chi connectivity index (χ0) is 16.2. The first-order valence-electron chi connectivity index (χ1n) is 8.81. The van der Waals surface area contributed by atoms with Crippen LogP contribution in [0.3, 0.4) is 0 Å². The fourth-order valence-corrected chi connectivity index (χ4v) is 3.57. The van der Waals surface area contributed by atoms with E-state index in [1.807, 2.05) is 30.3 Å². The van der Waals surface area contributed by atoms with Crippen molar-refractivity contribution in [3.05, 3.63) is 36.2 Å². The molecule has 0 aliphatic carbocycles. The lowest BCUT2D eigenvalue weighted by atomic mass is 9.98. The molecule has 7 heteroatoms. The molecule has 136 valence electrons. The molecule has 1 aromatic heterocycles. The maximum absolute atomic E-state index is 5.69. The highest BCUT2D eigenvalue weighted by Crippen LogP contribution is 2.27. The number of halogens is 1. The second-order valence-corrected chi connectivity index (χ2v) is 6.62. The van der Waals surface area contributed by atoms with Crippen LogP contribution in [0.2, 0.25) is 0 Å². The van der Waals surface area contributed by atoms with E-state index in [-0.39, 0.29) is 18.4 Å². The van der Waals surface area contributed by atoms with Gasteiger partial charge < -0.3 is 14.6 Å². The Morgan fingerprint density at radius 2 is 2.12 bits per heavy atom. The largest absolute Gasteiger partial charge is 0.378 e. The Bertz CT molecular complexity index is 646. The molecular formula is C18H25ClN4O2. The molecule has 2 saturated heterocycles. The third kappa shape index (κ3) is 4.39. The van der Waals surface area contributed by atoms with Gasteiger partial charge in [0.1, 0.15) is 6.04 Å². The van der Waals surface area contributed by atoms with E-state index < -0.39 is 0 Å². The standard InChI is InChI=1S/C18H24N4O2.ClH/c1-2-6-15(7-3-1)17-20-18(24-21-17)16-13-23-10-9-22(16)12-14-5-4-8-19-11-14;/h1-3,6-7,14,16,19H,4-5,8-13H2;1H. The van der Waals surface area contributed by atoms with Crippen LogP contribution in [0.1, 0.15) is 24.8 Å². The quantitative estimate of drug-likeness (QED) is 0.899. The monoisotopic (exact) mass is 364 g/mol. The average molecular weight is 365 g/mol. The molecule has 4 rings (SSSR count). The van der Waals surface area contributed by atoms with Gasteiger partial charge in [0, 0.05) is 18.7 Å². The predicted octanol–water partition coefficient (Wildman–Crippen LogP) is 2.53. The van der Waals surface area contributed by atoms with Gasteiger partial charge in [-0.15, -0.1) is 12.4 Å². The Hall–Kier alpha value is -1.47. The van der Waals surface area contributed by atoms with E-state index in [1.54, 1.807) is 0 Å². The molecule has 1 N–H and O–H groups in total. The number of nitrogens with one attached hydrogen (secondary N) is 1. The van der Waals surface area contributed by atoms with Crippen LogP contribution in [-0.2, 0) is 4.74 Å². The summed E-state index contributed by atoms with van der Waals surface area (Å²) in [6, 6.07) is 10.0. The predicted molar refractivity (Wildman–Crippen MR) is 97.7 cm³/mol. The smallest absolute Gasteiger partial charge is 0.246 e. The van der Waals surface area contributed by atoms with Gasteiger partial charge in [0.25, 0.3) is 0 Å². The van der Waals surface area contributed by atoms with Gasteiger partial charge in [-0.25, -0.2) is 0 Å². The first-order chi connectivity index (χ1) is 11.9. The van der Waals surface area contributed by atoms with E-state index in [0.29, 0.717) is 24.2 Å². The van der Waals surface area contributed by atoms with Crippen molar-refractivity contribution in [2.45, 2.75) is 18.9 Å². The number of benzene rings is 1. The Kier molecular flexibility index (Phi) is 6.42. The van der Waals surface area contributed by atoms with E-state index in [1.165, 1.54) is 12.8 Å². The summed E-state index contributed by atoms with van der Waals surface area (Å²) in [5, 5.41) is 7.66. The number of morpholine rings is 1. The summed E-state index contributed by atoms with van der Waals surface area (Å²) in [5.74, 6) is 2.00. The molecule has 1 aromatic carbocycles. The van der Waals surface area contributed by atoms with Crippen LogP contribution < -0.4 is 5.32 Å². The first-order valence-corrected chi connectivity index (χ1v) is 8.81. The minimum Gasteiger partial charge on any atom is -0.378 e. The topological polar surface area (TPSA) is 63.4 Å². The van der Waals surface area contributed by atoms with Gasteiger partial charge in [0.05, 0.1) is 13.2 Å². The number of hydrogen-bond donors (Lipinski definition) is 1. The lowest BCUT2D eigenvalue weighted by Gasteiger charge is -2.36. The van der Waals surface area contributed by atoms with Gasteiger partial charge in [-0.2, -0.15) is 4.98 Å². The summed E-state index contributed by atoms with van der Waals surface area (Å²) in [6.45, 7) is 5.62. The highest BCUT2D eigenvalue weighted by Gasteiger charge is 2.31. The minimum absolute atomic E-state index is 0. The molecule has 0 saturated carbocycles. The van der Waals surface area contributed by atoms with Gasteiger partial charge in [-0.1, -0.05) is 35.5 Å². The molecule has 0 amide bonds. The zero-order valence-corrected chi connectivity index (χ0v) is 15.1. The summed E-state index contributed by atoms with van der Waals surface area (Å²) >= 11 is 0. The van der Waals surface area contributed by atoms with Crippen molar-refractivity contribution >= 4 is 12.4 Å². The Morgan fingerprint density at radius 1 is 1.24 bits per heavy atom. The van der Waals surface area contributed by atoms with Crippen molar-refractivity contribution in [3.8, 4) is 11.4 Å². The molecule has 2 unspecified atom stereocenters. The summed E-state index contributed by atoms with van der Waals surface area (Å²) in [6.07, 6.45) is 2.55. The molecule has 2 atom stereocenters. The SMILES string of the molecule is Cl.c1ccc(-c2noc(C3COCCN3CC3CCCNC3)n2)cc1. The van der Waals surface area contributed by atoms with Crippen LogP contribution in [0, 0.1) is 5.92 Å². The molecular weight excluding hydrogens is 340 g/mol. The van der Waals surface area contributed by atoms with Crippen LogP contribution in [0.5, 0.6) is 0 Å². The summed E-state index contributed by atoms with van der Waals surface area (Å²) in [7, 11) is 0. The number of nitrogens with zero attached hydrogens (tertiary/aromatic N) is 3. The average Bonchev–Trinajstić information content (AvgIpc) is 3.14. The molecule has 25 heavy (non-hydrogen) atoms. The third-order valence-corrected chi connectivity index (χ3v) is 4.89. The number of rotatable bonds is 4. The van der Waals surface area contributed by atoms with Crippen molar-refractivity contribution < 1.29 is 9.26 Å². The number of piperidine rings is 1. The van der Waals surface area contributed by atoms with Crippen molar-refractivity contribution in [2.75, 3.05) is 39.4 Å². The molecule has 2 aliphatic rings. The number of hydrogen-bond acceptors (Lipinski definition) is 6. The Balaban J connectivity index is 0.00000182. The van der Waals surface area contributed by atoms with Crippen LogP contribution >= 0.6 is 12.4 Å². The van der Waals surface area contributed by atoms with Gasteiger partial charge >= 0.3 is 0 Å². The van der Waals surface area contributed by atoms with E-state index in [0.717, 1.165) is 38.3 Å². The highest BCUT2D eigenvalue weighted by atomic mass is 35.5. The van der Waals surface area contributed by atoms with Gasteiger partial charge in [-0.3, -0.25) is 4.90 Å². The summed E-state index contributed by atoms with van der Waals surface area (Å²) in [5.41, 5.74) is 0.979. The lowest BCUT2D eigenvalue weighted by Crippen LogP contribution is -2.45. The molecule has 0 bridgehead atoms. The van der Waals surface area contributed by atoms with Crippen LogP contribution in [0.25, 0.3) is 11.4 Å². The maximum atomic E-state index is 5.69. The van der Waals surface area contributed by atoms with Crippen molar-refractivity contribution in [1.82, 2.24) is 20.4 Å². The van der Waals surface area contributed by atoms with E-state index >= 15 is 0 Å².